The Labute approximate surface area is 157 Å². The van der Waals surface area contributed by atoms with Gasteiger partial charge in [-0.15, -0.1) is 0 Å². The maximum atomic E-state index is 6.40. The van der Waals surface area contributed by atoms with Crippen LogP contribution in [-0.2, 0) is 5.75 Å². The zero-order valence-electron chi connectivity index (χ0n) is 14.5. The first-order valence-electron chi connectivity index (χ1n) is 8.83. The summed E-state index contributed by atoms with van der Waals surface area (Å²) in [6, 6.07) is 20.7. The number of benzene rings is 2. The third-order valence-electron chi connectivity index (χ3n) is 4.49. The number of nitrogens with zero attached hydrogens (tertiary/aromatic N) is 1. The molecule has 1 aliphatic heterocycles. The van der Waals surface area contributed by atoms with Gasteiger partial charge in [-0.05, 0) is 28.4 Å². The first-order chi connectivity index (χ1) is 12.8. The van der Waals surface area contributed by atoms with Crippen LogP contribution in [-0.4, -0.2) is 9.97 Å². The van der Waals surface area contributed by atoms with Gasteiger partial charge in [-0.3, -0.25) is 0 Å². The summed E-state index contributed by atoms with van der Waals surface area (Å²) in [4.78, 5) is 7.93. The average Bonchev–Trinajstić information content (AvgIpc) is 3.33. The fourth-order valence-electron chi connectivity index (χ4n) is 3.14. The fourth-order valence-corrected chi connectivity index (χ4v) is 5.05. The fraction of sp³-hybridized carbons (Fsp3) is 0.136. The highest BCUT2D eigenvalue weighted by Crippen LogP contribution is 2.41. The van der Waals surface area contributed by atoms with Gasteiger partial charge in [0.15, 0.2) is 0 Å². The van der Waals surface area contributed by atoms with Crippen LogP contribution < -0.4 is 5.73 Å². The molecule has 0 spiro atoms. The quantitative estimate of drug-likeness (QED) is 0.536. The number of hydrogen-bond acceptors (Lipinski definition) is 2. The van der Waals surface area contributed by atoms with Crippen LogP contribution in [0.15, 0.2) is 89.3 Å². The van der Waals surface area contributed by atoms with E-state index < -0.39 is 0 Å². The van der Waals surface area contributed by atoms with Crippen LogP contribution in [0.4, 0.5) is 0 Å². The molecule has 3 aromatic rings. The van der Waals surface area contributed by atoms with Gasteiger partial charge in [0.2, 0.25) is 0 Å². The van der Waals surface area contributed by atoms with Crippen LogP contribution in [0.5, 0.6) is 0 Å². The van der Waals surface area contributed by atoms with Gasteiger partial charge in [0.25, 0.3) is 0 Å². The van der Waals surface area contributed by atoms with E-state index >= 15 is 0 Å². The van der Waals surface area contributed by atoms with Crippen LogP contribution in [0.2, 0.25) is 0 Å². The van der Waals surface area contributed by atoms with Crippen LogP contribution >= 0.6 is 10.9 Å². The molecule has 1 aliphatic rings. The van der Waals surface area contributed by atoms with E-state index in [1.165, 1.54) is 11.1 Å². The van der Waals surface area contributed by atoms with E-state index in [0.29, 0.717) is 0 Å². The van der Waals surface area contributed by atoms with Gasteiger partial charge >= 0.3 is 0 Å². The lowest BCUT2D eigenvalue weighted by Gasteiger charge is -2.11. The number of imidazole rings is 1. The summed E-state index contributed by atoms with van der Waals surface area (Å²) in [5.74, 6) is 1.95. The number of thiol groups is 1. The minimum atomic E-state index is -0.220. The molecule has 4 rings (SSSR count). The van der Waals surface area contributed by atoms with Crippen molar-refractivity contribution in [3.8, 4) is 11.3 Å². The number of nitrogens with two attached hydrogens (primary N) is 1. The van der Waals surface area contributed by atoms with Crippen molar-refractivity contribution in [3.63, 3.8) is 0 Å². The number of aromatic nitrogens is 2. The normalized spacial score (nSPS) is 18.7. The van der Waals surface area contributed by atoms with E-state index in [-0.39, 0.29) is 16.9 Å². The summed E-state index contributed by atoms with van der Waals surface area (Å²) in [5.41, 5.74) is 11.2. The number of rotatable bonds is 6. The second kappa shape index (κ2) is 7.77. The molecule has 0 fully saturated rings. The van der Waals surface area contributed by atoms with Gasteiger partial charge in [0.05, 0.1) is 11.7 Å². The van der Waals surface area contributed by atoms with Crippen LogP contribution in [0.3, 0.4) is 0 Å². The Balaban J connectivity index is 1.39. The van der Waals surface area contributed by atoms with Gasteiger partial charge in [-0.1, -0.05) is 66.7 Å². The summed E-state index contributed by atoms with van der Waals surface area (Å²) < 4.78 is 0. The van der Waals surface area contributed by atoms with Crippen molar-refractivity contribution in [3.05, 3.63) is 101 Å². The lowest BCUT2D eigenvalue weighted by Crippen LogP contribution is -2.12. The van der Waals surface area contributed by atoms with E-state index in [1.54, 1.807) is 0 Å². The molecule has 2 heterocycles. The predicted molar refractivity (Wildman–Crippen MR) is 112 cm³/mol. The Hall–Kier alpha value is -2.56. The number of H-pyrrole nitrogens is 1. The molecule has 0 bridgehead atoms. The van der Waals surface area contributed by atoms with Crippen molar-refractivity contribution >= 4 is 10.9 Å². The van der Waals surface area contributed by atoms with Gasteiger partial charge in [0, 0.05) is 17.5 Å². The Morgan fingerprint density at radius 3 is 2.50 bits per heavy atom. The highest BCUT2D eigenvalue weighted by molar-refractivity contribution is 8.21. The first kappa shape index (κ1) is 16.9. The highest BCUT2D eigenvalue weighted by atomic mass is 32.2. The van der Waals surface area contributed by atoms with Crippen molar-refractivity contribution in [2.45, 2.75) is 18.2 Å². The van der Waals surface area contributed by atoms with E-state index in [9.17, 15) is 0 Å². The molecule has 0 saturated heterocycles. The molecule has 132 valence electrons. The molecule has 1 aromatic heterocycles. The Bertz CT molecular complexity index is 913. The molecular formula is C22H23N3S. The second-order valence-corrected chi connectivity index (χ2v) is 8.43. The molecule has 4 heteroatoms. The summed E-state index contributed by atoms with van der Waals surface area (Å²) >= 11 is 0. The molecule has 3 nitrogen and oxygen atoms in total. The molecule has 2 atom stereocenters. The smallest absolute Gasteiger partial charge is 0.124 e. The summed E-state index contributed by atoms with van der Waals surface area (Å²) in [5, 5.41) is 4.73. The Morgan fingerprint density at radius 2 is 1.73 bits per heavy atom. The number of allylic oxidation sites excluding steroid dienone is 1. The zero-order chi connectivity index (χ0) is 17.8. The Morgan fingerprint density at radius 1 is 1.00 bits per heavy atom. The van der Waals surface area contributed by atoms with Crippen molar-refractivity contribution in [2.75, 3.05) is 0 Å². The van der Waals surface area contributed by atoms with Crippen molar-refractivity contribution in [1.82, 2.24) is 9.97 Å². The van der Waals surface area contributed by atoms with E-state index in [1.807, 2.05) is 24.4 Å². The average molecular weight is 362 g/mol. The maximum absolute atomic E-state index is 6.40. The minimum absolute atomic E-state index is 0.116. The predicted octanol–water partition coefficient (Wildman–Crippen LogP) is 5.08. The summed E-state index contributed by atoms with van der Waals surface area (Å²) in [6.45, 7) is 0. The van der Waals surface area contributed by atoms with Crippen molar-refractivity contribution < 1.29 is 0 Å². The van der Waals surface area contributed by atoms with Gasteiger partial charge in [-0.25, -0.2) is 15.9 Å². The second-order valence-electron chi connectivity index (χ2n) is 6.53. The molecule has 0 aliphatic carbocycles. The van der Waals surface area contributed by atoms with Crippen LogP contribution in [0.25, 0.3) is 11.3 Å². The SMILES string of the molecule is N[C@H](CC1=C[SH](Cc2ccccc2)C=C1)c1nc(-c2ccccc2)c[nH]1. The highest BCUT2D eigenvalue weighted by Gasteiger charge is 2.15. The third kappa shape index (κ3) is 3.98. The monoisotopic (exact) mass is 361 g/mol. The minimum Gasteiger partial charge on any atom is -0.347 e. The lowest BCUT2D eigenvalue weighted by atomic mass is 10.1. The van der Waals surface area contributed by atoms with E-state index in [4.69, 9.17) is 5.73 Å². The molecule has 0 radical (unpaired) electrons. The number of aromatic amines is 1. The molecule has 3 N–H and O–H groups in total. The van der Waals surface area contributed by atoms with Crippen molar-refractivity contribution in [2.24, 2.45) is 5.73 Å². The molecule has 26 heavy (non-hydrogen) atoms. The van der Waals surface area contributed by atoms with Gasteiger partial charge in [0.1, 0.15) is 5.82 Å². The lowest BCUT2D eigenvalue weighted by molar-refractivity contribution is 0.681. The van der Waals surface area contributed by atoms with E-state index in [2.05, 4.69) is 69.3 Å². The largest absolute Gasteiger partial charge is 0.347 e. The van der Waals surface area contributed by atoms with Crippen LogP contribution in [0.1, 0.15) is 23.9 Å². The number of nitrogens with one attached hydrogen (secondary N) is 1. The standard InChI is InChI=1S/C22H23N3S/c23-20(22-24-14-21(25-22)19-9-5-2-6-10-19)13-18-11-12-26(16-18)15-17-7-3-1-4-8-17/h1-12,14,16,20,26H,13,15,23H2,(H,24,25)/t20-/m1/s1. The molecule has 1 unspecified atom stereocenters. The first-order valence-corrected chi connectivity index (χ1v) is 10.5. The van der Waals surface area contributed by atoms with Gasteiger partial charge < -0.3 is 10.7 Å². The van der Waals surface area contributed by atoms with Crippen molar-refractivity contribution in [1.29, 1.82) is 0 Å². The number of hydrogen-bond donors (Lipinski definition) is 3. The topological polar surface area (TPSA) is 54.7 Å². The summed E-state index contributed by atoms with van der Waals surface area (Å²) in [6.07, 6.45) is 4.98. The molecule has 0 saturated carbocycles. The third-order valence-corrected chi connectivity index (χ3v) is 6.42. The maximum Gasteiger partial charge on any atom is 0.124 e. The van der Waals surface area contributed by atoms with Crippen LogP contribution in [0, 0.1) is 0 Å². The molecule has 2 aromatic carbocycles. The summed E-state index contributed by atoms with van der Waals surface area (Å²) in [7, 11) is -0.220. The zero-order valence-corrected chi connectivity index (χ0v) is 15.4. The van der Waals surface area contributed by atoms with E-state index in [0.717, 1.165) is 29.3 Å². The molecular weight excluding hydrogens is 338 g/mol. The Kier molecular flexibility index (Phi) is 5.04. The molecule has 0 amide bonds. The van der Waals surface area contributed by atoms with Gasteiger partial charge in [-0.2, -0.15) is 0 Å².